The zero-order valence-corrected chi connectivity index (χ0v) is 6.33. The van der Waals surface area contributed by atoms with Crippen molar-refractivity contribution in [2.24, 2.45) is 0 Å². The van der Waals surface area contributed by atoms with Gasteiger partial charge in [0, 0.05) is 5.52 Å². The van der Waals surface area contributed by atoms with E-state index in [9.17, 15) is 0 Å². The van der Waals surface area contributed by atoms with E-state index in [2.05, 4.69) is 11.1 Å². The lowest BCUT2D eigenvalue weighted by atomic mass is 10.1. The quantitative estimate of drug-likeness (QED) is 0.558. The summed E-state index contributed by atoms with van der Waals surface area (Å²) in [7, 11) is 5.54. The fourth-order valence-electron chi connectivity index (χ4n) is 1.22. The monoisotopic (exact) mass is 152 g/mol. The van der Waals surface area contributed by atoms with Crippen molar-refractivity contribution in [2.75, 3.05) is 0 Å². The van der Waals surface area contributed by atoms with E-state index >= 15 is 0 Å². The Kier molecular flexibility index (Phi) is 1.41. The van der Waals surface area contributed by atoms with Gasteiger partial charge in [0.1, 0.15) is 7.85 Å². The summed E-state index contributed by atoms with van der Waals surface area (Å²) in [5, 5.41) is 9.64. The third kappa shape index (κ3) is 0.979. The second-order valence-electron chi connectivity index (χ2n) is 2.64. The van der Waals surface area contributed by atoms with Crippen LogP contribution in [0.1, 0.15) is 5.56 Å². The summed E-state index contributed by atoms with van der Waals surface area (Å²) in [4.78, 5) is 2.96. The Morgan fingerprint density at radius 2 is 2.17 bits per heavy atom. The lowest BCUT2D eigenvalue weighted by Gasteiger charge is -1.88. The van der Waals surface area contributed by atoms with Crippen LogP contribution in [-0.4, -0.2) is 12.8 Å². The topological polar surface area (TPSA) is 39.6 Å². The van der Waals surface area contributed by atoms with Gasteiger partial charge in [0.05, 0.1) is 11.6 Å². The highest BCUT2D eigenvalue weighted by Crippen LogP contribution is 2.11. The second-order valence-corrected chi connectivity index (χ2v) is 2.64. The standard InChI is InChI=1S/C9H5BN2/c10-9-4-7-2-1-6(5-11)3-8(7)12-9/h1-4,12H. The maximum atomic E-state index is 8.61. The Balaban J connectivity index is 2.77. The number of benzene rings is 1. The molecule has 2 radical (unpaired) electrons. The lowest BCUT2D eigenvalue weighted by molar-refractivity contribution is 1.48. The van der Waals surface area contributed by atoms with Crippen LogP contribution in [0.15, 0.2) is 24.3 Å². The average Bonchev–Trinajstić information content (AvgIpc) is 2.43. The number of nitrogens with zero attached hydrogens (tertiary/aromatic N) is 1. The molecule has 12 heavy (non-hydrogen) atoms. The highest BCUT2D eigenvalue weighted by atomic mass is 14.7. The number of aromatic amines is 1. The predicted octanol–water partition coefficient (Wildman–Crippen LogP) is 0.833. The summed E-state index contributed by atoms with van der Waals surface area (Å²) in [5.74, 6) is 0. The number of aromatic nitrogens is 1. The lowest BCUT2D eigenvalue weighted by Crippen LogP contribution is -1.99. The predicted molar refractivity (Wildman–Crippen MR) is 48.4 cm³/mol. The summed E-state index contributed by atoms with van der Waals surface area (Å²) in [6, 6.07) is 9.34. The van der Waals surface area contributed by atoms with Crippen LogP contribution >= 0.6 is 0 Å². The fraction of sp³-hybridized carbons (Fsp3) is 0. The zero-order chi connectivity index (χ0) is 8.55. The first-order valence-electron chi connectivity index (χ1n) is 3.58. The van der Waals surface area contributed by atoms with Crippen LogP contribution in [0.25, 0.3) is 10.9 Å². The molecule has 0 spiro atoms. The van der Waals surface area contributed by atoms with E-state index in [-0.39, 0.29) is 0 Å². The molecule has 0 aliphatic heterocycles. The maximum absolute atomic E-state index is 8.61. The molecule has 0 unspecified atom stereocenters. The first kappa shape index (κ1) is 6.99. The van der Waals surface area contributed by atoms with Crippen molar-refractivity contribution >= 4 is 24.3 Å². The van der Waals surface area contributed by atoms with Gasteiger partial charge in [-0.15, -0.1) is 0 Å². The Morgan fingerprint density at radius 1 is 1.33 bits per heavy atom. The van der Waals surface area contributed by atoms with Crippen molar-refractivity contribution in [2.45, 2.75) is 0 Å². The van der Waals surface area contributed by atoms with Gasteiger partial charge in [-0.2, -0.15) is 5.26 Å². The normalized spacial score (nSPS) is 9.92. The van der Waals surface area contributed by atoms with E-state index in [1.165, 1.54) is 0 Å². The van der Waals surface area contributed by atoms with Crippen molar-refractivity contribution in [1.29, 1.82) is 5.26 Å². The highest BCUT2D eigenvalue weighted by Gasteiger charge is 1.97. The summed E-state index contributed by atoms with van der Waals surface area (Å²) in [6.07, 6.45) is 0. The molecular weight excluding hydrogens is 147 g/mol. The van der Waals surface area contributed by atoms with Gasteiger partial charge in [-0.1, -0.05) is 6.07 Å². The number of hydrogen-bond donors (Lipinski definition) is 1. The van der Waals surface area contributed by atoms with Crippen LogP contribution in [-0.2, 0) is 0 Å². The second kappa shape index (κ2) is 2.42. The molecule has 0 bridgehead atoms. The largest absolute Gasteiger partial charge is 0.368 e. The molecule has 2 rings (SSSR count). The van der Waals surface area contributed by atoms with Gasteiger partial charge in [0.15, 0.2) is 0 Å². The van der Waals surface area contributed by atoms with Gasteiger partial charge >= 0.3 is 0 Å². The molecule has 1 aromatic carbocycles. The Hall–Kier alpha value is -1.69. The SMILES string of the molecule is [B]c1cc2ccc(C#N)cc2[nH]1. The molecule has 54 valence electrons. The van der Waals surface area contributed by atoms with Gasteiger partial charge in [-0.25, -0.2) is 0 Å². The summed E-state index contributed by atoms with van der Waals surface area (Å²) < 4.78 is 0. The molecule has 1 heterocycles. The van der Waals surface area contributed by atoms with Crippen molar-refractivity contribution < 1.29 is 0 Å². The Morgan fingerprint density at radius 3 is 2.92 bits per heavy atom. The van der Waals surface area contributed by atoms with E-state index in [4.69, 9.17) is 13.1 Å². The third-order valence-electron chi connectivity index (χ3n) is 1.77. The van der Waals surface area contributed by atoms with Crippen molar-refractivity contribution in [3.05, 3.63) is 29.8 Å². The minimum absolute atomic E-state index is 0.625. The van der Waals surface area contributed by atoms with Gasteiger partial charge in [0.2, 0.25) is 0 Å². The average molecular weight is 152 g/mol. The molecule has 0 saturated heterocycles. The van der Waals surface area contributed by atoms with Crippen LogP contribution in [0.5, 0.6) is 0 Å². The van der Waals surface area contributed by atoms with Gasteiger partial charge in [0.25, 0.3) is 0 Å². The van der Waals surface area contributed by atoms with Crippen LogP contribution in [0.3, 0.4) is 0 Å². The molecule has 1 N–H and O–H groups in total. The number of fused-ring (bicyclic) bond motifs is 1. The number of rotatable bonds is 0. The van der Waals surface area contributed by atoms with Gasteiger partial charge in [-0.3, -0.25) is 0 Å². The maximum Gasteiger partial charge on any atom is 0.138 e. The molecule has 0 atom stereocenters. The minimum atomic E-state index is 0.625. The Labute approximate surface area is 71.2 Å². The smallest absolute Gasteiger partial charge is 0.138 e. The number of H-pyrrole nitrogens is 1. The number of hydrogen-bond acceptors (Lipinski definition) is 1. The van der Waals surface area contributed by atoms with E-state index in [0.717, 1.165) is 10.9 Å². The van der Waals surface area contributed by atoms with E-state index < -0.39 is 0 Å². The van der Waals surface area contributed by atoms with Crippen LogP contribution in [0.4, 0.5) is 0 Å². The van der Waals surface area contributed by atoms with E-state index in [1.54, 1.807) is 12.1 Å². The molecule has 2 aromatic rings. The number of nitriles is 1. The summed E-state index contributed by atoms with van der Waals surface area (Å²) in [6.45, 7) is 0. The van der Waals surface area contributed by atoms with E-state index in [0.29, 0.717) is 11.2 Å². The minimum Gasteiger partial charge on any atom is -0.368 e. The molecule has 2 nitrogen and oxygen atoms in total. The van der Waals surface area contributed by atoms with Gasteiger partial charge in [-0.05, 0) is 29.2 Å². The first-order valence-corrected chi connectivity index (χ1v) is 3.58. The van der Waals surface area contributed by atoms with Crippen LogP contribution in [0, 0.1) is 11.3 Å². The zero-order valence-electron chi connectivity index (χ0n) is 6.33. The molecule has 0 saturated carbocycles. The van der Waals surface area contributed by atoms with E-state index in [1.807, 2.05) is 12.1 Å². The summed E-state index contributed by atoms with van der Waals surface area (Å²) in [5.41, 5.74) is 2.18. The molecular formula is C9H5BN2. The number of nitrogens with one attached hydrogen (secondary N) is 1. The molecule has 0 amide bonds. The summed E-state index contributed by atoms with van der Waals surface area (Å²) >= 11 is 0. The van der Waals surface area contributed by atoms with Crippen molar-refractivity contribution in [3.8, 4) is 6.07 Å². The molecule has 0 aliphatic rings. The van der Waals surface area contributed by atoms with Crippen molar-refractivity contribution in [3.63, 3.8) is 0 Å². The molecule has 0 fully saturated rings. The van der Waals surface area contributed by atoms with Crippen LogP contribution in [0.2, 0.25) is 0 Å². The third-order valence-corrected chi connectivity index (χ3v) is 1.77. The molecule has 0 aliphatic carbocycles. The van der Waals surface area contributed by atoms with Crippen molar-refractivity contribution in [1.82, 2.24) is 4.98 Å². The first-order chi connectivity index (χ1) is 5.79. The fourth-order valence-corrected chi connectivity index (χ4v) is 1.22. The highest BCUT2D eigenvalue weighted by molar-refractivity contribution is 6.32. The molecule has 3 heteroatoms. The Bertz CT molecular complexity index is 465. The molecule has 1 aromatic heterocycles. The van der Waals surface area contributed by atoms with Gasteiger partial charge < -0.3 is 4.98 Å². The van der Waals surface area contributed by atoms with Crippen LogP contribution < -0.4 is 5.59 Å².